The van der Waals surface area contributed by atoms with Crippen LogP contribution in [0.1, 0.15) is 5.56 Å². The monoisotopic (exact) mass is 305 g/mol. The molecule has 1 fully saturated rings. The molecule has 1 N–H and O–H groups in total. The van der Waals surface area contributed by atoms with Crippen molar-refractivity contribution in [2.24, 2.45) is 0 Å². The topological polar surface area (TPSA) is 74.7 Å². The highest BCUT2D eigenvalue weighted by molar-refractivity contribution is 8.00. The second-order valence-corrected chi connectivity index (χ2v) is 7.05. The van der Waals surface area contributed by atoms with E-state index in [-0.39, 0.29) is 16.5 Å². The number of hydrogen-bond acceptors (Lipinski definition) is 4. The number of thioether (sulfide) groups is 1. The number of halogens is 1. The Morgan fingerprint density at radius 2 is 2.21 bits per heavy atom. The summed E-state index contributed by atoms with van der Waals surface area (Å²) in [5, 5.41) is 9.00. The van der Waals surface area contributed by atoms with Crippen LogP contribution in [0, 0.1) is 12.7 Å². The molecule has 19 heavy (non-hydrogen) atoms. The van der Waals surface area contributed by atoms with Crippen LogP contribution >= 0.6 is 11.8 Å². The molecule has 1 aliphatic heterocycles. The summed E-state index contributed by atoms with van der Waals surface area (Å²) >= 11 is 1.22. The fourth-order valence-corrected chi connectivity index (χ4v) is 4.88. The van der Waals surface area contributed by atoms with Gasteiger partial charge in [-0.15, -0.1) is 11.8 Å². The van der Waals surface area contributed by atoms with E-state index in [1.54, 1.807) is 0 Å². The maximum atomic E-state index is 13.4. The smallest absolute Gasteiger partial charge is 0.322 e. The zero-order valence-electron chi connectivity index (χ0n) is 10.0. The summed E-state index contributed by atoms with van der Waals surface area (Å²) in [6, 6.07) is 2.48. The van der Waals surface area contributed by atoms with E-state index >= 15 is 0 Å². The number of carboxylic acid groups (broad SMARTS) is 1. The van der Waals surface area contributed by atoms with Crippen molar-refractivity contribution in [2.45, 2.75) is 17.9 Å². The van der Waals surface area contributed by atoms with Gasteiger partial charge in [-0.2, -0.15) is 4.31 Å². The van der Waals surface area contributed by atoms with E-state index in [0.29, 0.717) is 5.56 Å². The van der Waals surface area contributed by atoms with E-state index in [1.165, 1.54) is 30.8 Å². The zero-order valence-corrected chi connectivity index (χ0v) is 11.7. The Kier molecular flexibility index (Phi) is 3.84. The molecule has 0 aliphatic carbocycles. The third kappa shape index (κ3) is 2.60. The lowest BCUT2D eigenvalue weighted by atomic mass is 10.2. The lowest BCUT2D eigenvalue weighted by molar-refractivity contribution is -0.140. The van der Waals surface area contributed by atoms with Gasteiger partial charge in [0.2, 0.25) is 10.0 Å². The molecule has 1 aliphatic rings. The molecule has 5 nitrogen and oxygen atoms in total. The van der Waals surface area contributed by atoms with Crippen molar-refractivity contribution in [3.8, 4) is 0 Å². The van der Waals surface area contributed by atoms with Gasteiger partial charge in [-0.25, -0.2) is 12.8 Å². The minimum atomic E-state index is -3.98. The third-order valence-corrected chi connectivity index (χ3v) is 5.90. The van der Waals surface area contributed by atoms with Gasteiger partial charge < -0.3 is 5.11 Å². The molecule has 0 aromatic heterocycles. The van der Waals surface area contributed by atoms with Crippen molar-refractivity contribution in [1.29, 1.82) is 0 Å². The second-order valence-electron chi connectivity index (χ2n) is 4.16. The molecule has 1 aromatic rings. The molecule has 1 atom stereocenters. The van der Waals surface area contributed by atoms with Crippen LogP contribution in [0.5, 0.6) is 0 Å². The van der Waals surface area contributed by atoms with Crippen molar-refractivity contribution in [1.82, 2.24) is 4.31 Å². The quantitative estimate of drug-likeness (QED) is 0.910. The van der Waals surface area contributed by atoms with Crippen LogP contribution in [-0.2, 0) is 14.8 Å². The molecule has 0 radical (unpaired) electrons. The maximum absolute atomic E-state index is 13.4. The van der Waals surface area contributed by atoms with Gasteiger partial charge in [0.1, 0.15) is 11.9 Å². The highest BCUT2D eigenvalue weighted by Crippen LogP contribution is 2.29. The molecule has 1 saturated heterocycles. The summed E-state index contributed by atoms with van der Waals surface area (Å²) in [7, 11) is -3.98. The number of rotatable bonds is 3. The van der Waals surface area contributed by atoms with Crippen LogP contribution in [-0.4, -0.2) is 41.5 Å². The van der Waals surface area contributed by atoms with E-state index in [0.717, 1.165) is 10.4 Å². The summed E-state index contributed by atoms with van der Waals surface area (Å²) in [5.74, 6) is -1.56. The van der Waals surface area contributed by atoms with Gasteiger partial charge in [0.25, 0.3) is 0 Å². The summed E-state index contributed by atoms with van der Waals surface area (Å²) in [5.41, 5.74) is 0.338. The standard InChI is InChI=1S/C11H12FNO4S2/c1-7-2-3-8(4-9(7)12)19(16,17)13-6-18-5-10(13)11(14)15/h2-4,10H,5-6H2,1H3,(H,14,15)/t10-/m0/s1. The Balaban J connectivity index is 2.42. The highest BCUT2D eigenvalue weighted by atomic mass is 32.2. The van der Waals surface area contributed by atoms with E-state index in [9.17, 15) is 17.6 Å². The third-order valence-electron chi connectivity index (χ3n) is 2.88. The molecule has 2 rings (SSSR count). The molecule has 0 unspecified atom stereocenters. The Morgan fingerprint density at radius 1 is 1.53 bits per heavy atom. The molecule has 0 saturated carbocycles. The number of aryl methyl sites for hydroxylation is 1. The summed E-state index contributed by atoms with van der Waals surface area (Å²) in [6.45, 7) is 1.53. The van der Waals surface area contributed by atoms with Crippen molar-refractivity contribution >= 4 is 27.8 Å². The van der Waals surface area contributed by atoms with Crippen LogP contribution in [0.2, 0.25) is 0 Å². The van der Waals surface area contributed by atoms with Crippen LogP contribution < -0.4 is 0 Å². The number of nitrogens with zero attached hydrogens (tertiary/aromatic N) is 1. The van der Waals surface area contributed by atoms with E-state index in [2.05, 4.69) is 0 Å². The number of hydrogen-bond donors (Lipinski definition) is 1. The first kappa shape index (κ1) is 14.3. The molecule has 104 valence electrons. The summed E-state index contributed by atoms with van der Waals surface area (Å²) in [6.07, 6.45) is 0. The van der Waals surface area contributed by atoms with E-state index in [4.69, 9.17) is 5.11 Å². The predicted molar refractivity (Wildman–Crippen MR) is 68.9 cm³/mol. The average molecular weight is 305 g/mol. The van der Waals surface area contributed by atoms with Crippen LogP contribution in [0.25, 0.3) is 0 Å². The predicted octanol–water partition coefficient (Wildman–Crippen LogP) is 1.28. The van der Waals surface area contributed by atoms with Gasteiger partial charge in [-0.05, 0) is 24.6 Å². The lowest BCUT2D eigenvalue weighted by Gasteiger charge is -2.20. The van der Waals surface area contributed by atoms with Crippen LogP contribution in [0.15, 0.2) is 23.1 Å². The van der Waals surface area contributed by atoms with Gasteiger partial charge in [0, 0.05) is 5.75 Å². The largest absolute Gasteiger partial charge is 0.480 e. The number of aliphatic carboxylic acids is 1. The maximum Gasteiger partial charge on any atom is 0.322 e. The van der Waals surface area contributed by atoms with E-state index < -0.39 is 27.9 Å². The van der Waals surface area contributed by atoms with Gasteiger partial charge in [0.15, 0.2) is 0 Å². The van der Waals surface area contributed by atoms with Crippen molar-refractivity contribution in [3.05, 3.63) is 29.6 Å². The zero-order chi connectivity index (χ0) is 14.2. The van der Waals surface area contributed by atoms with Crippen molar-refractivity contribution < 1.29 is 22.7 Å². The number of carboxylic acids is 1. The summed E-state index contributed by atoms with van der Waals surface area (Å²) < 4.78 is 38.9. The molecule has 0 bridgehead atoms. The highest BCUT2D eigenvalue weighted by Gasteiger charge is 2.40. The van der Waals surface area contributed by atoms with Crippen molar-refractivity contribution in [2.75, 3.05) is 11.6 Å². The average Bonchev–Trinajstić information content (AvgIpc) is 2.82. The van der Waals surface area contributed by atoms with Gasteiger partial charge >= 0.3 is 5.97 Å². The van der Waals surface area contributed by atoms with Gasteiger partial charge in [0.05, 0.1) is 10.8 Å². The Morgan fingerprint density at radius 3 is 2.79 bits per heavy atom. The van der Waals surface area contributed by atoms with Gasteiger partial charge in [-0.1, -0.05) is 6.07 Å². The minimum absolute atomic E-state index is 0.0643. The fourth-order valence-electron chi connectivity index (χ4n) is 1.73. The van der Waals surface area contributed by atoms with Crippen molar-refractivity contribution in [3.63, 3.8) is 0 Å². The first-order valence-electron chi connectivity index (χ1n) is 5.42. The normalized spacial score (nSPS) is 20.6. The van der Waals surface area contributed by atoms with Crippen LogP contribution in [0.4, 0.5) is 4.39 Å². The molecule has 0 spiro atoms. The fraction of sp³-hybridized carbons (Fsp3) is 0.364. The number of benzene rings is 1. The molecular formula is C11H12FNO4S2. The van der Waals surface area contributed by atoms with Crippen LogP contribution in [0.3, 0.4) is 0 Å². The Hall–Kier alpha value is -1.12. The molecule has 8 heteroatoms. The minimum Gasteiger partial charge on any atom is -0.480 e. The SMILES string of the molecule is Cc1ccc(S(=O)(=O)N2CSC[C@H]2C(=O)O)cc1F. The Labute approximate surface area is 114 Å². The lowest BCUT2D eigenvalue weighted by Crippen LogP contribution is -2.41. The Bertz CT molecular complexity index is 617. The summed E-state index contributed by atoms with van der Waals surface area (Å²) in [4.78, 5) is 10.8. The first-order valence-corrected chi connectivity index (χ1v) is 8.02. The first-order chi connectivity index (χ1) is 8.84. The van der Waals surface area contributed by atoms with Gasteiger partial charge in [-0.3, -0.25) is 4.79 Å². The number of sulfonamides is 1. The molecule has 1 heterocycles. The van der Waals surface area contributed by atoms with E-state index in [1.807, 2.05) is 0 Å². The molecule has 1 aromatic carbocycles. The number of carbonyl (C=O) groups is 1. The molecular weight excluding hydrogens is 293 g/mol. The second kappa shape index (κ2) is 5.10. The molecule has 0 amide bonds.